The third-order valence-electron chi connectivity index (χ3n) is 2.21. The Labute approximate surface area is 76.7 Å². The minimum atomic E-state index is -0.191. The molecule has 1 heterocycles. The molecule has 1 aliphatic rings. The lowest BCUT2D eigenvalue weighted by atomic mass is 10.1. The smallest absolute Gasteiger partial charge is 0.129 e. The van der Waals surface area contributed by atoms with E-state index in [1.165, 1.54) is 6.07 Å². The molecule has 3 heteroatoms. The van der Waals surface area contributed by atoms with Gasteiger partial charge in [0, 0.05) is 12.1 Å². The van der Waals surface area contributed by atoms with Crippen LogP contribution in [-0.4, -0.2) is 12.8 Å². The highest BCUT2D eigenvalue weighted by atomic mass is 19.1. The largest absolute Gasteiger partial charge is 0.354 e. The number of benzene rings is 1. The number of hydrogen-bond acceptors (Lipinski definition) is 2. The quantitative estimate of drug-likeness (QED) is 0.713. The fourth-order valence-electron chi connectivity index (χ4n) is 1.54. The van der Waals surface area contributed by atoms with Gasteiger partial charge >= 0.3 is 0 Å². The maximum atomic E-state index is 13.3. The van der Waals surface area contributed by atoms with E-state index in [0.717, 1.165) is 0 Å². The molecule has 1 aromatic rings. The van der Waals surface area contributed by atoms with Gasteiger partial charge in [0.05, 0.1) is 6.10 Å². The van der Waals surface area contributed by atoms with Crippen LogP contribution in [-0.2, 0) is 4.74 Å². The summed E-state index contributed by atoms with van der Waals surface area (Å²) >= 11 is 0. The molecule has 0 amide bonds. The minimum Gasteiger partial charge on any atom is -0.354 e. The van der Waals surface area contributed by atoms with Crippen LogP contribution in [0.5, 0.6) is 0 Å². The molecule has 1 fully saturated rings. The number of ether oxygens (including phenoxy) is 1. The predicted molar refractivity (Wildman–Crippen MR) is 47.7 cm³/mol. The van der Waals surface area contributed by atoms with E-state index >= 15 is 0 Å². The molecule has 2 rings (SSSR count). The molecule has 0 saturated carbocycles. The van der Waals surface area contributed by atoms with Crippen molar-refractivity contribution >= 4 is 0 Å². The third kappa shape index (κ3) is 1.71. The van der Waals surface area contributed by atoms with Crippen molar-refractivity contribution in [2.45, 2.75) is 19.3 Å². The van der Waals surface area contributed by atoms with Crippen molar-refractivity contribution in [2.24, 2.45) is 0 Å². The van der Waals surface area contributed by atoms with Crippen molar-refractivity contribution < 1.29 is 9.13 Å². The number of rotatable bonds is 1. The summed E-state index contributed by atoms with van der Waals surface area (Å²) < 4.78 is 18.7. The molecule has 70 valence electrons. The molecular formula is C10H12FNO. The van der Waals surface area contributed by atoms with Gasteiger partial charge in [-0.15, -0.1) is 0 Å². The summed E-state index contributed by atoms with van der Waals surface area (Å²) in [6.45, 7) is 2.60. The predicted octanol–water partition coefficient (Wildman–Crippen LogP) is 1.83. The van der Waals surface area contributed by atoms with E-state index in [1.54, 1.807) is 12.1 Å². The Balaban J connectivity index is 2.21. The van der Waals surface area contributed by atoms with Crippen LogP contribution in [0.1, 0.15) is 18.6 Å². The van der Waals surface area contributed by atoms with Gasteiger partial charge in [0.25, 0.3) is 0 Å². The second kappa shape index (κ2) is 3.44. The molecular weight excluding hydrogens is 169 g/mol. The summed E-state index contributed by atoms with van der Waals surface area (Å²) in [5.74, 6) is -0.191. The van der Waals surface area contributed by atoms with Gasteiger partial charge in [0.15, 0.2) is 0 Å². The van der Waals surface area contributed by atoms with Crippen molar-refractivity contribution in [1.82, 2.24) is 5.32 Å². The van der Waals surface area contributed by atoms with E-state index in [2.05, 4.69) is 5.32 Å². The normalized spacial score (nSPS) is 27.8. The van der Waals surface area contributed by atoms with Crippen LogP contribution in [0.2, 0.25) is 0 Å². The minimum absolute atomic E-state index is 0.0182. The van der Waals surface area contributed by atoms with Crippen molar-refractivity contribution in [3.8, 4) is 0 Å². The number of hydrogen-bond donors (Lipinski definition) is 1. The molecule has 1 aliphatic heterocycles. The molecule has 0 radical (unpaired) electrons. The highest BCUT2D eigenvalue weighted by molar-refractivity contribution is 5.20. The van der Waals surface area contributed by atoms with E-state index in [4.69, 9.17) is 4.74 Å². The van der Waals surface area contributed by atoms with Gasteiger partial charge in [-0.3, -0.25) is 5.32 Å². The van der Waals surface area contributed by atoms with Gasteiger partial charge in [-0.1, -0.05) is 18.2 Å². The number of nitrogens with one attached hydrogen (secondary N) is 1. The topological polar surface area (TPSA) is 21.3 Å². The van der Waals surface area contributed by atoms with E-state index in [0.29, 0.717) is 12.1 Å². The average Bonchev–Trinajstić information content (AvgIpc) is 2.53. The summed E-state index contributed by atoms with van der Waals surface area (Å²) in [6, 6.07) is 6.73. The first-order chi connectivity index (χ1) is 6.27. The molecule has 2 nitrogen and oxygen atoms in total. The molecule has 1 aromatic carbocycles. The van der Waals surface area contributed by atoms with E-state index in [1.807, 2.05) is 13.0 Å². The Kier molecular flexibility index (Phi) is 2.29. The number of halogens is 1. The lowest BCUT2D eigenvalue weighted by molar-refractivity contribution is 0.0510. The van der Waals surface area contributed by atoms with Crippen LogP contribution in [0.15, 0.2) is 24.3 Å². The SMILES string of the molecule is CC1NCC(c2ccccc2F)O1. The fourth-order valence-corrected chi connectivity index (χ4v) is 1.54. The van der Waals surface area contributed by atoms with Crippen LogP contribution in [0.4, 0.5) is 4.39 Å². The molecule has 13 heavy (non-hydrogen) atoms. The van der Waals surface area contributed by atoms with Gasteiger partial charge in [0.2, 0.25) is 0 Å². The van der Waals surface area contributed by atoms with E-state index < -0.39 is 0 Å². The summed E-state index contributed by atoms with van der Waals surface area (Å²) in [5.41, 5.74) is 0.638. The highest BCUT2D eigenvalue weighted by Crippen LogP contribution is 2.24. The van der Waals surface area contributed by atoms with Crippen molar-refractivity contribution in [1.29, 1.82) is 0 Å². The Morgan fingerprint density at radius 2 is 2.23 bits per heavy atom. The maximum absolute atomic E-state index is 13.3. The van der Waals surface area contributed by atoms with Crippen molar-refractivity contribution in [2.75, 3.05) is 6.54 Å². The van der Waals surface area contributed by atoms with Crippen molar-refractivity contribution in [3.05, 3.63) is 35.6 Å². The monoisotopic (exact) mass is 181 g/mol. The Hall–Kier alpha value is -0.930. The van der Waals surface area contributed by atoms with Gasteiger partial charge < -0.3 is 4.74 Å². The van der Waals surface area contributed by atoms with Crippen LogP contribution >= 0.6 is 0 Å². The summed E-state index contributed by atoms with van der Waals surface area (Å²) in [7, 11) is 0. The highest BCUT2D eigenvalue weighted by Gasteiger charge is 2.24. The first-order valence-corrected chi connectivity index (χ1v) is 4.40. The Morgan fingerprint density at radius 1 is 1.46 bits per heavy atom. The Bertz CT molecular complexity index is 303. The lowest BCUT2D eigenvalue weighted by Gasteiger charge is -2.10. The standard InChI is InChI=1S/C10H12FNO/c1-7-12-6-10(13-7)8-4-2-3-5-9(8)11/h2-5,7,10,12H,6H2,1H3. The summed E-state index contributed by atoms with van der Waals surface area (Å²) in [5, 5.41) is 3.11. The molecule has 0 aromatic heterocycles. The van der Waals surface area contributed by atoms with Crippen LogP contribution in [0.25, 0.3) is 0 Å². The first kappa shape index (κ1) is 8.66. The Morgan fingerprint density at radius 3 is 2.85 bits per heavy atom. The third-order valence-corrected chi connectivity index (χ3v) is 2.21. The zero-order chi connectivity index (χ0) is 9.26. The maximum Gasteiger partial charge on any atom is 0.129 e. The summed E-state index contributed by atoms with van der Waals surface area (Å²) in [6.07, 6.45) is -0.124. The van der Waals surface area contributed by atoms with Crippen molar-refractivity contribution in [3.63, 3.8) is 0 Å². The van der Waals surface area contributed by atoms with Gasteiger partial charge in [-0.05, 0) is 13.0 Å². The fraction of sp³-hybridized carbons (Fsp3) is 0.400. The van der Waals surface area contributed by atoms with Crippen LogP contribution < -0.4 is 5.32 Å². The van der Waals surface area contributed by atoms with Gasteiger partial charge in [0.1, 0.15) is 12.0 Å². The molecule has 2 atom stereocenters. The molecule has 2 unspecified atom stereocenters. The average molecular weight is 181 g/mol. The summed E-state index contributed by atoms with van der Waals surface area (Å²) in [4.78, 5) is 0. The molecule has 1 N–H and O–H groups in total. The molecule has 1 saturated heterocycles. The zero-order valence-electron chi connectivity index (χ0n) is 7.46. The molecule has 0 aliphatic carbocycles. The van der Waals surface area contributed by atoms with Crippen LogP contribution in [0.3, 0.4) is 0 Å². The van der Waals surface area contributed by atoms with Gasteiger partial charge in [-0.2, -0.15) is 0 Å². The molecule has 0 bridgehead atoms. The zero-order valence-corrected chi connectivity index (χ0v) is 7.46. The van der Waals surface area contributed by atoms with E-state index in [-0.39, 0.29) is 18.1 Å². The first-order valence-electron chi connectivity index (χ1n) is 4.40. The lowest BCUT2D eigenvalue weighted by Crippen LogP contribution is -2.17. The van der Waals surface area contributed by atoms with E-state index in [9.17, 15) is 4.39 Å². The molecule has 0 spiro atoms. The van der Waals surface area contributed by atoms with Crippen LogP contribution in [0, 0.1) is 5.82 Å². The second-order valence-corrected chi connectivity index (χ2v) is 3.20. The second-order valence-electron chi connectivity index (χ2n) is 3.20. The van der Waals surface area contributed by atoms with Gasteiger partial charge in [-0.25, -0.2) is 4.39 Å².